The van der Waals surface area contributed by atoms with Crippen LogP contribution in [0, 0.1) is 0 Å². The maximum atomic E-state index is 11.2. The van der Waals surface area contributed by atoms with Gasteiger partial charge in [0.05, 0.1) is 0 Å². The Hall–Kier alpha value is -0.533. The zero-order valence-corrected chi connectivity index (χ0v) is 9.96. The number of hydrogen-bond donors (Lipinski definition) is 0. The van der Waals surface area contributed by atoms with Gasteiger partial charge < -0.3 is 17.7 Å². The van der Waals surface area contributed by atoms with E-state index in [9.17, 15) is 4.79 Å². The standard InChI is InChI=1S/C8H16O5Si/c1-7(2)8(9)6-13-14(10-3,11-4)12-5/h1,6H2,2-5H3. The lowest BCUT2D eigenvalue weighted by Gasteiger charge is -2.22. The summed E-state index contributed by atoms with van der Waals surface area (Å²) < 4.78 is 20.0. The molecule has 14 heavy (non-hydrogen) atoms. The second kappa shape index (κ2) is 6.05. The molecular weight excluding hydrogens is 204 g/mol. The molecule has 0 spiro atoms. The lowest BCUT2D eigenvalue weighted by molar-refractivity contribution is -0.120. The molecule has 0 rings (SSSR count). The lowest BCUT2D eigenvalue weighted by Crippen LogP contribution is -2.47. The Morgan fingerprint density at radius 3 is 1.93 bits per heavy atom. The van der Waals surface area contributed by atoms with Crippen molar-refractivity contribution in [1.82, 2.24) is 0 Å². The van der Waals surface area contributed by atoms with E-state index in [0.717, 1.165) is 0 Å². The first kappa shape index (κ1) is 13.5. The third-order valence-corrected chi connectivity index (χ3v) is 3.60. The third-order valence-electron chi connectivity index (χ3n) is 1.61. The summed E-state index contributed by atoms with van der Waals surface area (Å²) in [4.78, 5) is 11.2. The number of rotatable bonds is 7. The smallest absolute Gasteiger partial charge is 0.355 e. The largest absolute Gasteiger partial charge is 0.679 e. The van der Waals surface area contributed by atoms with Crippen LogP contribution in [0.1, 0.15) is 6.92 Å². The molecule has 0 atom stereocenters. The van der Waals surface area contributed by atoms with Crippen molar-refractivity contribution in [3.8, 4) is 0 Å². The molecule has 0 saturated heterocycles. The second-order valence-electron chi connectivity index (χ2n) is 2.60. The molecule has 0 aromatic heterocycles. The molecule has 0 N–H and O–H groups in total. The highest BCUT2D eigenvalue weighted by Crippen LogP contribution is 2.08. The van der Waals surface area contributed by atoms with Crippen LogP contribution in [0.25, 0.3) is 0 Å². The summed E-state index contributed by atoms with van der Waals surface area (Å²) in [5.41, 5.74) is 0.427. The van der Waals surface area contributed by atoms with Gasteiger partial charge in [-0.3, -0.25) is 4.79 Å². The molecule has 82 valence electrons. The maximum absolute atomic E-state index is 11.2. The van der Waals surface area contributed by atoms with E-state index >= 15 is 0 Å². The summed E-state index contributed by atoms with van der Waals surface area (Å²) in [7, 11) is 1.13. The summed E-state index contributed by atoms with van der Waals surface area (Å²) >= 11 is 0. The van der Waals surface area contributed by atoms with E-state index in [-0.39, 0.29) is 12.4 Å². The first-order chi connectivity index (χ1) is 6.51. The quantitative estimate of drug-likeness (QED) is 0.462. The van der Waals surface area contributed by atoms with Gasteiger partial charge in [0.1, 0.15) is 6.61 Å². The molecule has 0 aromatic rings. The number of carbonyl (C=O) groups excluding carboxylic acids is 1. The van der Waals surface area contributed by atoms with Crippen molar-refractivity contribution in [2.45, 2.75) is 6.92 Å². The fraction of sp³-hybridized carbons (Fsp3) is 0.625. The van der Waals surface area contributed by atoms with Crippen LogP contribution in [0.4, 0.5) is 0 Å². The Balaban J connectivity index is 4.19. The molecule has 0 radical (unpaired) electrons. The highest BCUT2D eigenvalue weighted by molar-refractivity contribution is 6.53. The highest BCUT2D eigenvalue weighted by atomic mass is 28.4. The Kier molecular flexibility index (Phi) is 5.82. The van der Waals surface area contributed by atoms with Gasteiger partial charge in [0, 0.05) is 21.3 Å². The molecule has 0 aliphatic carbocycles. The van der Waals surface area contributed by atoms with Crippen LogP contribution < -0.4 is 0 Å². The summed E-state index contributed by atoms with van der Waals surface area (Å²) in [6.07, 6.45) is 0. The van der Waals surface area contributed by atoms with Crippen molar-refractivity contribution in [3.63, 3.8) is 0 Å². The Bertz CT molecular complexity index is 204. The van der Waals surface area contributed by atoms with Gasteiger partial charge in [-0.1, -0.05) is 6.58 Å². The van der Waals surface area contributed by atoms with E-state index in [1.54, 1.807) is 6.92 Å². The predicted molar refractivity (Wildman–Crippen MR) is 52.6 cm³/mol. The van der Waals surface area contributed by atoms with Gasteiger partial charge in [0.25, 0.3) is 0 Å². The minimum absolute atomic E-state index is 0.142. The normalized spacial score (nSPS) is 11.4. The van der Waals surface area contributed by atoms with Crippen LogP contribution in [0.2, 0.25) is 0 Å². The average molecular weight is 220 g/mol. The van der Waals surface area contributed by atoms with Gasteiger partial charge in [-0.05, 0) is 12.5 Å². The Morgan fingerprint density at radius 1 is 1.21 bits per heavy atom. The monoisotopic (exact) mass is 220 g/mol. The molecule has 0 amide bonds. The second-order valence-corrected chi connectivity index (χ2v) is 5.12. The molecule has 0 aromatic carbocycles. The predicted octanol–water partition coefficient (Wildman–Crippen LogP) is 0.523. The molecule has 6 heteroatoms. The number of carbonyl (C=O) groups is 1. The van der Waals surface area contributed by atoms with Crippen molar-refractivity contribution < 1.29 is 22.5 Å². The van der Waals surface area contributed by atoms with Crippen LogP contribution in [0.3, 0.4) is 0 Å². The number of Topliss-reactive ketones (excluding diaryl/α,β-unsaturated/α-hetero) is 1. The van der Waals surface area contributed by atoms with Gasteiger partial charge in [0.15, 0.2) is 5.78 Å². The SMILES string of the molecule is C=C(C)C(=O)CO[Si](OC)(OC)OC. The van der Waals surface area contributed by atoms with Crippen molar-refractivity contribution >= 4 is 14.8 Å². The van der Waals surface area contributed by atoms with E-state index in [0.29, 0.717) is 5.57 Å². The third kappa shape index (κ3) is 3.68. The first-order valence-corrected chi connectivity index (χ1v) is 5.62. The molecule has 0 unspecified atom stereocenters. The van der Waals surface area contributed by atoms with Crippen molar-refractivity contribution in [2.24, 2.45) is 0 Å². The number of hydrogen-bond acceptors (Lipinski definition) is 5. The molecule has 0 saturated carbocycles. The lowest BCUT2D eigenvalue weighted by atomic mass is 10.2. The Labute approximate surface area is 85.1 Å². The van der Waals surface area contributed by atoms with Crippen LogP contribution in [-0.2, 0) is 22.5 Å². The average Bonchev–Trinajstić information content (AvgIpc) is 2.20. The first-order valence-electron chi connectivity index (χ1n) is 3.99. The van der Waals surface area contributed by atoms with Crippen LogP contribution >= 0.6 is 0 Å². The zero-order valence-electron chi connectivity index (χ0n) is 8.96. The van der Waals surface area contributed by atoms with E-state index in [2.05, 4.69) is 6.58 Å². The Morgan fingerprint density at radius 2 is 1.64 bits per heavy atom. The molecule has 5 nitrogen and oxygen atoms in total. The molecule has 0 aliphatic rings. The fourth-order valence-corrected chi connectivity index (χ4v) is 1.87. The molecule has 0 fully saturated rings. The van der Waals surface area contributed by atoms with Crippen LogP contribution in [0.15, 0.2) is 12.2 Å². The van der Waals surface area contributed by atoms with Crippen LogP contribution in [0.5, 0.6) is 0 Å². The summed E-state index contributed by atoms with van der Waals surface area (Å²) in [6.45, 7) is 4.97. The van der Waals surface area contributed by atoms with Gasteiger partial charge >= 0.3 is 9.05 Å². The molecular formula is C8H16O5Si. The fourth-order valence-electron chi connectivity index (χ4n) is 0.704. The maximum Gasteiger partial charge on any atom is 0.679 e. The van der Waals surface area contributed by atoms with Crippen molar-refractivity contribution in [3.05, 3.63) is 12.2 Å². The minimum Gasteiger partial charge on any atom is -0.355 e. The topological polar surface area (TPSA) is 54.0 Å². The summed E-state index contributed by atoms with van der Waals surface area (Å²) in [5.74, 6) is -0.201. The summed E-state index contributed by atoms with van der Waals surface area (Å²) in [5, 5.41) is 0. The highest BCUT2D eigenvalue weighted by Gasteiger charge is 2.42. The van der Waals surface area contributed by atoms with E-state index in [4.69, 9.17) is 17.7 Å². The van der Waals surface area contributed by atoms with Crippen molar-refractivity contribution in [2.75, 3.05) is 27.9 Å². The minimum atomic E-state index is -3.09. The van der Waals surface area contributed by atoms with Crippen molar-refractivity contribution in [1.29, 1.82) is 0 Å². The van der Waals surface area contributed by atoms with Gasteiger partial charge in [0.2, 0.25) is 0 Å². The molecule has 0 heterocycles. The number of ketones is 1. The molecule has 0 aliphatic heterocycles. The van der Waals surface area contributed by atoms with E-state index < -0.39 is 9.05 Å². The zero-order chi connectivity index (χ0) is 11.2. The molecule has 0 bridgehead atoms. The van der Waals surface area contributed by atoms with E-state index in [1.165, 1.54) is 21.3 Å². The summed E-state index contributed by atoms with van der Waals surface area (Å²) in [6, 6.07) is 0. The van der Waals surface area contributed by atoms with Gasteiger partial charge in [-0.25, -0.2) is 0 Å². The van der Waals surface area contributed by atoms with Gasteiger partial charge in [-0.15, -0.1) is 0 Å². The van der Waals surface area contributed by atoms with E-state index in [1.807, 2.05) is 0 Å². The van der Waals surface area contributed by atoms with Gasteiger partial charge in [-0.2, -0.15) is 0 Å². The van der Waals surface area contributed by atoms with Crippen LogP contribution in [-0.4, -0.2) is 42.8 Å².